The lowest BCUT2D eigenvalue weighted by Gasteiger charge is -2.23. The van der Waals surface area contributed by atoms with Crippen LogP contribution in [0.25, 0.3) is 0 Å². The summed E-state index contributed by atoms with van der Waals surface area (Å²) in [7, 11) is 1.16. The maximum atomic E-state index is 11.9. The van der Waals surface area contributed by atoms with Gasteiger partial charge in [-0.2, -0.15) is 0 Å². The maximum Gasteiger partial charge on any atom is 0.408 e. The first-order chi connectivity index (χ1) is 10.0. The van der Waals surface area contributed by atoms with E-state index in [4.69, 9.17) is 9.84 Å². The molecule has 0 bridgehead atoms. The Kier molecular flexibility index (Phi) is 7.92. The molecule has 0 spiro atoms. The van der Waals surface area contributed by atoms with Crippen molar-refractivity contribution < 1.29 is 33.8 Å². The van der Waals surface area contributed by atoms with Gasteiger partial charge in [0.2, 0.25) is 5.91 Å². The highest BCUT2D eigenvalue weighted by atomic mass is 16.6. The van der Waals surface area contributed by atoms with Crippen LogP contribution in [0, 0.1) is 0 Å². The molecule has 0 radical (unpaired) electrons. The van der Waals surface area contributed by atoms with Gasteiger partial charge in [-0.15, -0.1) is 0 Å². The third-order valence-electron chi connectivity index (χ3n) is 2.29. The van der Waals surface area contributed by atoms with E-state index in [0.717, 1.165) is 7.11 Å². The highest BCUT2D eigenvalue weighted by Crippen LogP contribution is 2.08. The van der Waals surface area contributed by atoms with Crippen molar-refractivity contribution >= 4 is 23.9 Å². The van der Waals surface area contributed by atoms with E-state index in [2.05, 4.69) is 15.4 Å². The second-order valence-electron chi connectivity index (χ2n) is 5.43. The van der Waals surface area contributed by atoms with Crippen molar-refractivity contribution in [2.24, 2.45) is 0 Å². The van der Waals surface area contributed by atoms with Crippen molar-refractivity contribution in [3.05, 3.63) is 0 Å². The number of methoxy groups -OCH3 is 1. The Morgan fingerprint density at radius 1 is 1.18 bits per heavy atom. The molecule has 3 N–H and O–H groups in total. The monoisotopic (exact) mass is 318 g/mol. The summed E-state index contributed by atoms with van der Waals surface area (Å²) in [6, 6.07) is -1.13. The van der Waals surface area contributed by atoms with Gasteiger partial charge < -0.3 is 25.2 Å². The van der Waals surface area contributed by atoms with Crippen LogP contribution in [0.5, 0.6) is 0 Å². The molecule has 0 fully saturated rings. The number of rotatable bonds is 7. The lowest BCUT2D eigenvalue weighted by Crippen LogP contribution is -2.49. The van der Waals surface area contributed by atoms with Crippen LogP contribution in [0.1, 0.15) is 33.6 Å². The van der Waals surface area contributed by atoms with Crippen molar-refractivity contribution in [3.8, 4) is 0 Å². The van der Waals surface area contributed by atoms with Crippen LogP contribution >= 0.6 is 0 Å². The van der Waals surface area contributed by atoms with Crippen LogP contribution in [-0.4, -0.2) is 54.3 Å². The molecule has 2 amide bonds. The average Bonchev–Trinajstić information content (AvgIpc) is 2.37. The normalized spacial score (nSPS) is 12.0. The van der Waals surface area contributed by atoms with E-state index in [1.54, 1.807) is 20.8 Å². The van der Waals surface area contributed by atoms with Crippen LogP contribution in [0.2, 0.25) is 0 Å². The SMILES string of the molecule is COC(=O)CNC(=O)[C@H](CCC(=O)O)NC(=O)OC(C)(C)C. The number of ether oxygens (including phenoxy) is 2. The van der Waals surface area contributed by atoms with Gasteiger partial charge in [0.1, 0.15) is 18.2 Å². The number of carboxylic acid groups (broad SMARTS) is 1. The van der Waals surface area contributed by atoms with Gasteiger partial charge in [0.25, 0.3) is 0 Å². The second-order valence-corrected chi connectivity index (χ2v) is 5.43. The number of carbonyl (C=O) groups excluding carboxylic acids is 3. The molecule has 0 aromatic rings. The van der Waals surface area contributed by atoms with Crippen molar-refractivity contribution in [3.63, 3.8) is 0 Å². The molecule has 0 aliphatic heterocycles. The van der Waals surface area contributed by atoms with Crippen LogP contribution in [-0.2, 0) is 23.9 Å². The van der Waals surface area contributed by atoms with Crippen LogP contribution in [0.4, 0.5) is 4.79 Å². The van der Waals surface area contributed by atoms with Crippen LogP contribution < -0.4 is 10.6 Å². The summed E-state index contributed by atoms with van der Waals surface area (Å²) in [6.07, 6.45) is -1.32. The number of carbonyl (C=O) groups is 4. The molecular weight excluding hydrogens is 296 g/mol. The number of carboxylic acids is 1. The van der Waals surface area contributed by atoms with Gasteiger partial charge in [0.15, 0.2) is 0 Å². The molecule has 0 heterocycles. The number of esters is 1. The van der Waals surface area contributed by atoms with Crippen molar-refractivity contribution in [2.75, 3.05) is 13.7 Å². The molecular formula is C13H22N2O7. The van der Waals surface area contributed by atoms with Gasteiger partial charge in [0.05, 0.1) is 7.11 Å². The fraction of sp³-hybridized carbons (Fsp3) is 0.692. The lowest BCUT2D eigenvalue weighted by molar-refractivity contribution is -0.141. The number of hydrogen-bond donors (Lipinski definition) is 3. The molecule has 0 aromatic carbocycles. The van der Waals surface area contributed by atoms with E-state index < -0.39 is 35.6 Å². The van der Waals surface area contributed by atoms with Gasteiger partial charge in [-0.05, 0) is 27.2 Å². The third kappa shape index (κ3) is 9.56. The van der Waals surface area contributed by atoms with E-state index in [1.165, 1.54) is 0 Å². The maximum absolute atomic E-state index is 11.9. The predicted octanol–water partition coefficient (Wildman–Crippen LogP) is 0.0337. The largest absolute Gasteiger partial charge is 0.481 e. The van der Waals surface area contributed by atoms with Crippen molar-refractivity contribution in [2.45, 2.75) is 45.3 Å². The first-order valence-electron chi connectivity index (χ1n) is 6.61. The molecule has 0 aliphatic carbocycles. The van der Waals surface area contributed by atoms with E-state index in [-0.39, 0.29) is 19.4 Å². The molecule has 9 nitrogen and oxygen atoms in total. The van der Waals surface area contributed by atoms with Crippen LogP contribution in [0.3, 0.4) is 0 Å². The zero-order valence-corrected chi connectivity index (χ0v) is 13.1. The zero-order chi connectivity index (χ0) is 17.3. The Hall–Kier alpha value is -2.32. The molecule has 1 atom stereocenters. The number of aliphatic carboxylic acids is 1. The number of hydrogen-bond acceptors (Lipinski definition) is 6. The van der Waals surface area contributed by atoms with E-state index in [1.807, 2.05) is 0 Å². The molecule has 126 valence electrons. The Labute approximate surface area is 128 Å². The van der Waals surface area contributed by atoms with Gasteiger partial charge in [0, 0.05) is 6.42 Å². The Balaban J connectivity index is 4.66. The number of amides is 2. The summed E-state index contributed by atoms with van der Waals surface area (Å²) in [5.74, 6) is -2.48. The molecule has 0 unspecified atom stereocenters. The van der Waals surface area contributed by atoms with Crippen molar-refractivity contribution in [1.29, 1.82) is 0 Å². The Morgan fingerprint density at radius 2 is 1.77 bits per heavy atom. The lowest BCUT2D eigenvalue weighted by atomic mass is 10.1. The third-order valence-corrected chi connectivity index (χ3v) is 2.29. The standard InChI is InChI=1S/C13H22N2O7/c1-13(2,3)22-12(20)15-8(5-6-9(16)17)11(19)14-7-10(18)21-4/h8H,5-7H2,1-4H3,(H,14,19)(H,15,20)(H,16,17)/t8-/m0/s1. The van der Waals surface area contributed by atoms with E-state index >= 15 is 0 Å². The van der Waals surface area contributed by atoms with Gasteiger partial charge in [-0.3, -0.25) is 14.4 Å². The molecule has 22 heavy (non-hydrogen) atoms. The summed E-state index contributed by atoms with van der Waals surface area (Å²) < 4.78 is 9.37. The predicted molar refractivity (Wildman–Crippen MR) is 75.1 cm³/mol. The highest BCUT2D eigenvalue weighted by molar-refractivity contribution is 5.88. The number of alkyl carbamates (subject to hydrolysis) is 1. The van der Waals surface area contributed by atoms with Gasteiger partial charge >= 0.3 is 18.0 Å². The molecule has 0 aromatic heterocycles. The minimum Gasteiger partial charge on any atom is -0.481 e. The highest BCUT2D eigenvalue weighted by Gasteiger charge is 2.25. The van der Waals surface area contributed by atoms with E-state index in [9.17, 15) is 19.2 Å². The minimum atomic E-state index is -1.13. The summed E-state index contributed by atoms with van der Waals surface area (Å²) in [6.45, 7) is 4.57. The summed E-state index contributed by atoms with van der Waals surface area (Å²) in [5.41, 5.74) is -0.760. The zero-order valence-electron chi connectivity index (χ0n) is 13.1. The smallest absolute Gasteiger partial charge is 0.408 e. The summed E-state index contributed by atoms with van der Waals surface area (Å²) in [5, 5.41) is 13.2. The Morgan fingerprint density at radius 3 is 2.23 bits per heavy atom. The fourth-order valence-electron chi connectivity index (χ4n) is 1.34. The summed E-state index contributed by atoms with van der Waals surface area (Å²) in [4.78, 5) is 45.1. The molecule has 0 saturated heterocycles. The first-order valence-corrected chi connectivity index (χ1v) is 6.61. The molecule has 0 rings (SSSR count). The summed E-state index contributed by atoms with van der Waals surface area (Å²) >= 11 is 0. The van der Waals surface area contributed by atoms with Gasteiger partial charge in [-0.1, -0.05) is 0 Å². The molecule has 0 saturated carbocycles. The second kappa shape index (κ2) is 8.85. The number of nitrogens with one attached hydrogen (secondary N) is 2. The Bertz CT molecular complexity index is 429. The fourth-order valence-corrected chi connectivity index (χ4v) is 1.34. The minimum absolute atomic E-state index is 0.137. The molecule has 0 aliphatic rings. The molecule has 9 heteroatoms. The quantitative estimate of drug-likeness (QED) is 0.564. The topological polar surface area (TPSA) is 131 Å². The van der Waals surface area contributed by atoms with Crippen molar-refractivity contribution in [1.82, 2.24) is 10.6 Å². The van der Waals surface area contributed by atoms with Gasteiger partial charge in [-0.25, -0.2) is 4.79 Å². The van der Waals surface area contributed by atoms with Crippen LogP contribution in [0.15, 0.2) is 0 Å². The average molecular weight is 318 g/mol. The first kappa shape index (κ1) is 19.7. The van der Waals surface area contributed by atoms with E-state index in [0.29, 0.717) is 0 Å².